The van der Waals surface area contributed by atoms with Crippen molar-refractivity contribution < 1.29 is 18.7 Å². The zero-order valence-electron chi connectivity index (χ0n) is 12.9. The van der Waals surface area contributed by atoms with Gasteiger partial charge in [0.25, 0.3) is 5.91 Å². The number of benzene rings is 2. The Morgan fingerprint density at radius 3 is 2.43 bits per heavy atom. The van der Waals surface area contributed by atoms with Crippen LogP contribution >= 0.6 is 0 Å². The van der Waals surface area contributed by atoms with Crippen LogP contribution in [0.2, 0.25) is 0 Å². The monoisotopic (exact) mass is 316 g/mol. The third-order valence-electron chi connectivity index (χ3n) is 3.19. The van der Waals surface area contributed by atoms with Gasteiger partial charge in [-0.25, -0.2) is 4.39 Å². The number of likely N-dealkylation sites (N-methyl/N-ethyl adjacent to an activating group) is 1. The van der Waals surface area contributed by atoms with E-state index in [1.165, 1.54) is 43.3 Å². The SMILES string of the molecule is COc1ccccc1C(=O)N(C)CC(=O)Nc1ccc(F)cc1. The molecule has 0 fully saturated rings. The molecule has 0 aliphatic carbocycles. The highest BCUT2D eigenvalue weighted by atomic mass is 19.1. The molecule has 2 aromatic rings. The second-order valence-electron chi connectivity index (χ2n) is 4.92. The Labute approximate surface area is 133 Å². The predicted octanol–water partition coefficient (Wildman–Crippen LogP) is 2.55. The highest BCUT2D eigenvalue weighted by Crippen LogP contribution is 2.18. The number of carbonyl (C=O) groups is 2. The molecule has 0 spiro atoms. The standard InChI is InChI=1S/C17H17FN2O3/c1-20(17(22)14-5-3-4-6-15(14)23-2)11-16(21)19-13-9-7-12(18)8-10-13/h3-10H,11H2,1-2H3,(H,19,21). The van der Waals surface area contributed by atoms with E-state index in [-0.39, 0.29) is 24.2 Å². The van der Waals surface area contributed by atoms with Gasteiger partial charge in [-0.3, -0.25) is 9.59 Å². The first-order valence-corrected chi connectivity index (χ1v) is 6.95. The number of anilines is 1. The van der Waals surface area contributed by atoms with Gasteiger partial charge >= 0.3 is 0 Å². The maximum absolute atomic E-state index is 12.8. The highest BCUT2D eigenvalue weighted by molar-refractivity contribution is 6.00. The number of rotatable bonds is 5. The second kappa shape index (κ2) is 7.40. The van der Waals surface area contributed by atoms with Crippen molar-refractivity contribution in [2.75, 3.05) is 26.0 Å². The van der Waals surface area contributed by atoms with Crippen LogP contribution in [0, 0.1) is 5.82 Å². The minimum atomic E-state index is -0.383. The number of amides is 2. The van der Waals surface area contributed by atoms with E-state index in [0.29, 0.717) is 17.0 Å². The van der Waals surface area contributed by atoms with Gasteiger partial charge in [-0.15, -0.1) is 0 Å². The maximum Gasteiger partial charge on any atom is 0.257 e. The van der Waals surface area contributed by atoms with Crippen molar-refractivity contribution in [2.24, 2.45) is 0 Å². The topological polar surface area (TPSA) is 58.6 Å². The molecule has 0 heterocycles. The molecular weight excluding hydrogens is 299 g/mol. The van der Waals surface area contributed by atoms with E-state index in [0.717, 1.165) is 0 Å². The molecule has 5 nitrogen and oxygen atoms in total. The summed E-state index contributed by atoms with van der Waals surface area (Å²) < 4.78 is 18.0. The van der Waals surface area contributed by atoms with Gasteiger partial charge in [-0.05, 0) is 36.4 Å². The van der Waals surface area contributed by atoms with Crippen molar-refractivity contribution in [1.82, 2.24) is 4.90 Å². The molecule has 0 saturated heterocycles. The Hall–Kier alpha value is -2.89. The quantitative estimate of drug-likeness (QED) is 0.922. The first-order chi connectivity index (χ1) is 11.0. The van der Waals surface area contributed by atoms with E-state index in [4.69, 9.17) is 4.74 Å². The molecule has 6 heteroatoms. The summed E-state index contributed by atoms with van der Waals surface area (Å²) in [5.74, 6) is -0.631. The van der Waals surface area contributed by atoms with Gasteiger partial charge in [-0.1, -0.05) is 12.1 Å². The summed E-state index contributed by atoms with van der Waals surface area (Å²) in [4.78, 5) is 25.6. The number of hydrogen-bond donors (Lipinski definition) is 1. The van der Waals surface area contributed by atoms with E-state index < -0.39 is 0 Å². The summed E-state index contributed by atoms with van der Waals surface area (Å²) in [6.07, 6.45) is 0. The molecule has 2 amide bonds. The van der Waals surface area contributed by atoms with Gasteiger partial charge in [0.15, 0.2) is 0 Å². The number of hydrogen-bond acceptors (Lipinski definition) is 3. The number of ether oxygens (including phenoxy) is 1. The molecule has 0 saturated carbocycles. The lowest BCUT2D eigenvalue weighted by Crippen LogP contribution is -2.35. The zero-order valence-corrected chi connectivity index (χ0v) is 12.9. The van der Waals surface area contributed by atoms with Crippen LogP contribution in [0.5, 0.6) is 5.75 Å². The molecule has 2 rings (SSSR count). The lowest BCUT2D eigenvalue weighted by atomic mass is 10.2. The summed E-state index contributed by atoms with van der Waals surface area (Å²) in [6.45, 7) is -0.131. The molecule has 0 aliphatic rings. The molecule has 0 radical (unpaired) electrons. The molecule has 0 aromatic heterocycles. The van der Waals surface area contributed by atoms with Crippen molar-refractivity contribution >= 4 is 17.5 Å². The molecule has 23 heavy (non-hydrogen) atoms. The van der Waals surface area contributed by atoms with Crippen LogP contribution in [0.1, 0.15) is 10.4 Å². The molecular formula is C17H17FN2O3. The Bertz CT molecular complexity index is 701. The number of methoxy groups -OCH3 is 1. The van der Waals surface area contributed by atoms with E-state index in [2.05, 4.69) is 5.32 Å². The van der Waals surface area contributed by atoms with Crippen LogP contribution in [0.3, 0.4) is 0 Å². The number of para-hydroxylation sites is 1. The van der Waals surface area contributed by atoms with Gasteiger partial charge < -0.3 is 15.0 Å². The summed E-state index contributed by atoms with van der Waals surface area (Å²) in [5, 5.41) is 2.60. The minimum Gasteiger partial charge on any atom is -0.496 e. The van der Waals surface area contributed by atoms with Crippen LogP contribution in [0.25, 0.3) is 0 Å². The molecule has 0 unspecified atom stereocenters. The normalized spacial score (nSPS) is 10.0. The minimum absolute atomic E-state index is 0.131. The van der Waals surface area contributed by atoms with Gasteiger partial charge in [0.2, 0.25) is 5.91 Å². The van der Waals surface area contributed by atoms with E-state index >= 15 is 0 Å². The van der Waals surface area contributed by atoms with Crippen molar-refractivity contribution in [2.45, 2.75) is 0 Å². The number of halogens is 1. The first-order valence-electron chi connectivity index (χ1n) is 6.95. The second-order valence-corrected chi connectivity index (χ2v) is 4.92. The fourth-order valence-corrected chi connectivity index (χ4v) is 2.05. The third-order valence-corrected chi connectivity index (χ3v) is 3.19. The van der Waals surface area contributed by atoms with E-state index in [9.17, 15) is 14.0 Å². The smallest absolute Gasteiger partial charge is 0.257 e. The van der Waals surface area contributed by atoms with Crippen molar-refractivity contribution in [1.29, 1.82) is 0 Å². The summed E-state index contributed by atoms with van der Waals surface area (Å²) in [6, 6.07) is 12.2. The number of nitrogens with one attached hydrogen (secondary N) is 1. The lowest BCUT2D eigenvalue weighted by molar-refractivity contribution is -0.116. The van der Waals surface area contributed by atoms with Crippen LogP contribution in [0.4, 0.5) is 10.1 Å². The molecule has 0 atom stereocenters. The number of carbonyl (C=O) groups excluding carboxylic acids is 2. The summed E-state index contributed by atoms with van der Waals surface area (Å²) in [7, 11) is 3.01. The zero-order chi connectivity index (χ0) is 16.8. The first kappa shape index (κ1) is 16.5. The fourth-order valence-electron chi connectivity index (χ4n) is 2.05. The van der Waals surface area contributed by atoms with Gasteiger partial charge in [-0.2, -0.15) is 0 Å². The molecule has 1 N–H and O–H groups in total. The highest BCUT2D eigenvalue weighted by Gasteiger charge is 2.18. The molecule has 120 valence electrons. The largest absolute Gasteiger partial charge is 0.496 e. The summed E-state index contributed by atoms with van der Waals surface area (Å²) >= 11 is 0. The Balaban J connectivity index is 2.00. The average Bonchev–Trinajstić information content (AvgIpc) is 2.56. The van der Waals surface area contributed by atoms with Crippen LogP contribution in [-0.2, 0) is 4.79 Å². The molecule has 0 bridgehead atoms. The number of nitrogens with zero attached hydrogens (tertiary/aromatic N) is 1. The lowest BCUT2D eigenvalue weighted by Gasteiger charge is -2.18. The van der Waals surface area contributed by atoms with Crippen molar-refractivity contribution in [3.8, 4) is 5.75 Å². The average molecular weight is 316 g/mol. The van der Waals surface area contributed by atoms with Gasteiger partial charge in [0.05, 0.1) is 19.2 Å². The van der Waals surface area contributed by atoms with E-state index in [1.54, 1.807) is 24.3 Å². The third kappa shape index (κ3) is 4.29. The fraction of sp³-hybridized carbons (Fsp3) is 0.176. The summed E-state index contributed by atoms with van der Waals surface area (Å²) in [5.41, 5.74) is 0.849. The Kier molecular flexibility index (Phi) is 5.30. The van der Waals surface area contributed by atoms with Gasteiger partial charge in [0, 0.05) is 12.7 Å². The van der Waals surface area contributed by atoms with Gasteiger partial charge in [0.1, 0.15) is 11.6 Å². The van der Waals surface area contributed by atoms with Crippen LogP contribution in [-0.4, -0.2) is 37.4 Å². The maximum atomic E-state index is 12.8. The molecule has 0 aliphatic heterocycles. The van der Waals surface area contributed by atoms with Crippen molar-refractivity contribution in [3.05, 3.63) is 59.9 Å². The predicted molar refractivity (Wildman–Crippen MR) is 85.0 cm³/mol. The van der Waals surface area contributed by atoms with Crippen LogP contribution in [0.15, 0.2) is 48.5 Å². The molecule has 2 aromatic carbocycles. The van der Waals surface area contributed by atoms with E-state index in [1.807, 2.05) is 0 Å². The Morgan fingerprint density at radius 2 is 1.78 bits per heavy atom. The van der Waals surface area contributed by atoms with Crippen LogP contribution < -0.4 is 10.1 Å². The van der Waals surface area contributed by atoms with Crippen molar-refractivity contribution in [3.63, 3.8) is 0 Å². The Morgan fingerprint density at radius 1 is 1.13 bits per heavy atom.